The number of aryl methyl sites for hydroxylation is 1. The number of phenols is 2. The minimum absolute atomic E-state index is 0. The number of carbonyl (C=O) groups excluding carboxylic acids is 2. The Morgan fingerprint density at radius 2 is 1.17 bits per heavy atom. The fourth-order valence-electron chi connectivity index (χ4n) is 6.86. The molecule has 0 atom stereocenters. The second-order valence-electron chi connectivity index (χ2n) is 14.6. The van der Waals surface area contributed by atoms with Gasteiger partial charge in [-0.25, -0.2) is 16.8 Å². The minimum Gasteiger partial charge on any atom is -0.744 e. The van der Waals surface area contributed by atoms with Gasteiger partial charge in [-0.1, -0.05) is 47.0 Å². The third-order valence-corrected chi connectivity index (χ3v) is 13.8. The first-order valence-electron chi connectivity index (χ1n) is 19.8. The maximum Gasteiger partial charge on any atom is 1.00 e. The number of aromatic hydroxyl groups is 2. The summed E-state index contributed by atoms with van der Waals surface area (Å²) < 4.78 is 94.7. The Balaban J connectivity index is 0.00000390. The van der Waals surface area contributed by atoms with Crippen molar-refractivity contribution < 1.29 is 203 Å². The topological polar surface area (TPSA) is 364 Å². The number of nitrogens with one attached hydrogen (secondary N) is 2. The van der Waals surface area contributed by atoms with Gasteiger partial charge in [-0.3, -0.25) is 19.7 Å². The van der Waals surface area contributed by atoms with E-state index in [0.29, 0.717) is 12.0 Å². The van der Waals surface area contributed by atoms with Crippen LogP contribution in [0, 0.1) is 6.92 Å². The third kappa shape index (κ3) is 16.3. The molecule has 0 aliphatic carbocycles. The summed E-state index contributed by atoms with van der Waals surface area (Å²) in [5, 5.41) is 72.2. The van der Waals surface area contributed by atoms with Crippen LogP contribution in [0.25, 0.3) is 21.5 Å². The molecule has 380 valence electrons. The molecular formula is C43H28Cl2N6Na4O18S4. The van der Waals surface area contributed by atoms with E-state index in [1.165, 1.54) is 62.8 Å². The molecule has 0 saturated carbocycles. The second-order valence-corrected chi connectivity index (χ2v) is 19.6. The van der Waals surface area contributed by atoms with E-state index in [1.54, 1.807) is 19.1 Å². The van der Waals surface area contributed by atoms with Gasteiger partial charge >= 0.3 is 118 Å². The first kappa shape index (κ1) is 68.5. The van der Waals surface area contributed by atoms with Crippen LogP contribution in [-0.4, -0.2) is 62.2 Å². The van der Waals surface area contributed by atoms with E-state index in [2.05, 4.69) is 49.8 Å². The molecule has 0 bridgehead atoms. The van der Waals surface area contributed by atoms with Gasteiger partial charge in [-0.15, -0.1) is 20.5 Å². The summed E-state index contributed by atoms with van der Waals surface area (Å²) >= 11 is 12.9. The van der Waals surface area contributed by atoms with Crippen LogP contribution in [0.15, 0.2) is 131 Å². The summed E-state index contributed by atoms with van der Waals surface area (Å²) in [7, 11) is -8.30. The molecule has 7 aromatic carbocycles. The quantitative estimate of drug-likeness (QED) is 0.0163. The molecule has 0 aliphatic heterocycles. The van der Waals surface area contributed by atoms with Crippen molar-refractivity contribution in [3.05, 3.63) is 118 Å². The summed E-state index contributed by atoms with van der Waals surface area (Å²) in [6, 6.07) is 18.8. The minimum atomic E-state index is -5.50. The zero-order chi connectivity index (χ0) is 52.9. The number of rotatable bonds is 18. The van der Waals surface area contributed by atoms with Gasteiger partial charge in [0.15, 0.2) is 11.5 Å². The maximum atomic E-state index is 13.5. The molecular weight excluding hydrogens is 1180 g/mol. The van der Waals surface area contributed by atoms with E-state index in [-0.39, 0.29) is 217 Å². The Morgan fingerprint density at radius 3 is 1.73 bits per heavy atom. The van der Waals surface area contributed by atoms with Crippen LogP contribution in [-0.2, 0) is 39.0 Å². The third-order valence-electron chi connectivity index (χ3n) is 10.1. The fourth-order valence-corrected chi connectivity index (χ4v) is 9.36. The van der Waals surface area contributed by atoms with Crippen molar-refractivity contribution >= 4 is 135 Å². The Kier molecular flexibility index (Phi) is 26.5. The number of anilines is 2. The summed E-state index contributed by atoms with van der Waals surface area (Å²) in [6.07, 6.45) is 0. The standard InChI is InChI=1S/C43H32Cl2N6O18S4.4Na/c1-19-7-9-20(10-8-19)42(54)46-30-16-24(72(58,59)60)12-22-13-33(71-69-67-57)38(40(52)36(22)30)50-48-27-17-32(65-3)28(18-31(27)64-2)49-51-39-34(73(61,62)63)14-21-11-23(70-68-66-56)15-29(35(21)41(39)53)47-43(55)25-5-4-6-26(44)37(25)45;;;;/h4-18,52-53,56-57H,1-3H3,(H,46,54)(H,47,55)(H,58,59,60)(H,61,62,63);;;;/q;4*+1/p-4. The Morgan fingerprint density at radius 1 is 0.636 bits per heavy atom. The molecule has 0 unspecified atom stereocenters. The molecule has 0 fully saturated rings. The molecule has 0 radical (unpaired) electrons. The largest absolute Gasteiger partial charge is 1.00 e. The van der Waals surface area contributed by atoms with Gasteiger partial charge in [-0.05, 0) is 78.4 Å². The maximum absolute atomic E-state index is 13.5. The number of halogens is 2. The van der Waals surface area contributed by atoms with E-state index < -0.39 is 64.7 Å². The van der Waals surface area contributed by atoms with Gasteiger partial charge < -0.3 is 49.9 Å². The second kappa shape index (κ2) is 29.8. The molecule has 34 heteroatoms. The number of phenolic OH excluding ortho intramolecular Hbond substituents is 2. The molecule has 0 saturated heterocycles. The van der Waals surface area contributed by atoms with Crippen LogP contribution in [0.2, 0.25) is 10.0 Å². The molecule has 77 heavy (non-hydrogen) atoms. The number of carbonyl (C=O) groups is 2. The average molecular weight is 1210 g/mol. The molecule has 0 aromatic heterocycles. The normalized spacial score (nSPS) is 11.4. The number of nitrogens with zero attached hydrogens (tertiary/aromatic N) is 4. The Hall–Kier alpha value is -2.74. The average Bonchev–Trinajstić information content (AvgIpc) is 3.34. The molecule has 0 spiro atoms. The number of benzene rings is 7. The number of hydrogen-bond acceptors (Lipinski definition) is 24. The fraction of sp³-hybridized carbons (Fsp3) is 0.0698. The number of amides is 2. The van der Waals surface area contributed by atoms with E-state index in [0.717, 1.165) is 35.9 Å². The van der Waals surface area contributed by atoms with E-state index in [1.807, 2.05) is 0 Å². The molecule has 2 amide bonds. The van der Waals surface area contributed by atoms with Crippen molar-refractivity contribution in [2.24, 2.45) is 20.5 Å². The molecule has 4 N–H and O–H groups in total. The molecule has 7 rings (SSSR count). The van der Waals surface area contributed by atoms with Crippen LogP contribution < -0.4 is 149 Å². The van der Waals surface area contributed by atoms with Crippen molar-refractivity contribution in [1.82, 2.24) is 0 Å². The Bertz CT molecular complexity index is 3670. The zero-order valence-corrected chi connectivity index (χ0v) is 53.5. The molecule has 0 heterocycles. The number of azo groups is 2. The Labute approximate surface area is 543 Å². The van der Waals surface area contributed by atoms with Crippen LogP contribution in [0.1, 0.15) is 26.3 Å². The van der Waals surface area contributed by atoms with Gasteiger partial charge in [0.2, 0.25) is 0 Å². The van der Waals surface area contributed by atoms with Crippen LogP contribution in [0.5, 0.6) is 23.0 Å². The molecule has 24 nitrogen and oxygen atoms in total. The van der Waals surface area contributed by atoms with Crippen molar-refractivity contribution in [3.8, 4) is 23.0 Å². The number of ether oxygens (including phenoxy) is 2. The molecule has 7 aromatic rings. The van der Waals surface area contributed by atoms with Gasteiger partial charge in [0.05, 0.1) is 80.0 Å². The van der Waals surface area contributed by atoms with Gasteiger partial charge in [0.25, 0.3) is 11.8 Å². The van der Waals surface area contributed by atoms with Crippen molar-refractivity contribution in [2.75, 3.05) is 24.9 Å². The number of hydrogen-bond donors (Lipinski definition) is 4. The first-order valence-corrected chi connectivity index (χ1v) is 24.8. The van der Waals surface area contributed by atoms with Crippen molar-refractivity contribution in [2.45, 2.75) is 26.5 Å². The molecule has 0 aliphatic rings. The van der Waals surface area contributed by atoms with E-state index >= 15 is 0 Å². The van der Waals surface area contributed by atoms with E-state index in [4.69, 9.17) is 32.7 Å². The SMILES string of the molecule is COc1cc(N=Nc2c(S(=O)(=O)[O-])cc3cc(SOO[O-])cc(NC(=O)c4cccc(Cl)c4Cl)c3c2O)c(OC)cc1N=Nc1c(SOO[O-])cc2cc(S(=O)(=O)[O-])cc(NC(=O)c3ccc(C)cc3)c2c1O.[Na+].[Na+].[Na+].[Na+]. The summed E-state index contributed by atoms with van der Waals surface area (Å²) in [6.45, 7) is 1.78. The monoisotopic (exact) mass is 1210 g/mol. The van der Waals surface area contributed by atoms with Gasteiger partial charge in [-0.2, -0.15) is 8.67 Å². The first-order chi connectivity index (χ1) is 34.7. The van der Waals surface area contributed by atoms with E-state index in [9.17, 15) is 56.3 Å². The predicted octanol–water partition coefficient (Wildman–Crippen LogP) is -3.34. The zero-order valence-electron chi connectivity index (χ0n) is 40.8. The number of methoxy groups -OCH3 is 2. The number of fused-ring (bicyclic) bond motifs is 2. The van der Waals surface area contributed by atoms with Crippen molar-refractivity contribution in [3.63, 3.8) is 0 Å². The summed E-state index contributed by atoms with van der Waals surface area (Å²) in [5.41, 5.74) is -1.58. The van der Waals surface area contributed by atoms with Gasteiger partial charge in [0, 0.05) is 33.4 Å². The van der Waals surface area contributed by atoms with Gasteiger partial charge in [0.1, 0.15) is 54.5 Å². The predicted molar refractivity (Wildman–Crippen MR) is 255 cm³/mol. The van der Waals surface area contributed by atoms with Crippen LogP contribution in [0.3, 0.4) is 0 Å². The summed E-state index contributed by atoms with van der Waals surface area (Å²) in [5.74, 6) is -3.75. The van der Waals surface area contributed by atoms with Crippen LogP contribution >= 0.6 is 47.3 Å². The smallest absolute Gasteiger partial charge is 0.744 e. The van der Waals surface area contributed by atoms with Crippen molar-refractivity contribution in [1.29, 1.82) is 0 Å². The van der Waals surface area contributed by atoms with Crippen LogP contribution in [0.4, 0.5) is 34.1 Å². The summed E-state index contributed by atoms with van der Waals surface area (Å²) in [4.78, 5) is 24.7.